The second kappa shape index (κ2) is 4.17. The quantitative estimate of drug-likeness (QED) is 0.707. The van der Waals surface area contributed by atoms with Gasteiger partial charge in [0.25, 0.3) is 20.2 Å². The first-order chi connectivity index (χ1) is 8.62. The average Bonchev–Trinajstić information content (AvgIpc) is 2.26. The van der Waals surface area contributed by atoms with Gasteiger partial charge in [0.05, 0.1) is 0 Å². The molecule has 0 heterocycles. The molecule has 102 valence electrons. The summed E-state index contributed by atoms with van der Waals surface area (Å²) in [4.78, 5) is -1.70. The highest BCUT2D eigenvalue weighted by atomic mass is 32.2. The van der Waals surface area contributed by atoms with Crippen LogP contribution in [-0.4, -0.2) is 31.0 Å². The van der Waals surface area contributed by atoms with Crippen molar-refractivity contribution in [1.29, 1.82) is 0 Å². The Labute approximate surface area is 108 Å². The highest BCUT2D eigenvalue weighted by molar-refractivity contribution is 7.86. The number of phenols is 1. The molecule has 0 unspecified atom stereocenters. The molecule has 3 N–H and O–H groups in total. The average molecular weight is 304 g/mol. The predicted molar refractivity (Wildman–Crippen MR) is 65.2 cm³/mol. The van der Waals surface area contributed by atoms with E-state index < -0.39 is 35.8 Å². The largest absolute Gasteiger partial charge is 0.506 e. The van der Waals surface area contributed by atoms with E-state index in [0.717, 1.165) is 0 Å². The summed E-state index contributed by atoms with van der Waals surface area (Å²) >= 11 is 0. The number of hydrogen-bond acceptors (Lipinski definition) is 5. The summed E-state index contributed by atoms with van der Waals surface area (Å²) in [6, 6.07) is 5.93. The zero-order valence-electron chi connectivity index (χ0n) is 9.18. The Kier molecular flexibility index (Phi) is 3.01. The van der Waals surface area contributed by atoms with Crippen molar-refractivity contribution in [2.45, 2.75) is 9.79 Å². The summed E-state index contributed by atoms with van der Waals surface area (Å²) in [5, 5.41) is 9.58. The molecule has 0 fully saturated rings. The van der Waals surface area contributed by atoms with E-state index in [1.807, 2.05) is 0 Å². The first-order valence-corrected chi connectivity index (χ1v) is 7.70. The van der Waals surface area contributed by atoms with Gasteiger partial charge in [-0.15, -0.1) is 0 Å². The lowest BCUT2D eigenvalue weighted by Gasteiger charge is -2.09. The molecule has 2 rings (SSSR count). The third-order valence-electron chi connectivity index (χ3n) is 2.50. The van der Waals surface area contributed by atoms with Gasteiger partial charge in [0.1, 0.15) is 15.5 Å². The highest BCUT2D eigenvalue weighted by Crippen LogP contribution is 2.36. The Morgan fingerprint density at radius 2 is 1.26 bits per heavy atom. The summed E-state index contributed by atoms with van der Waals surface area (Å²) in [5.74, 6) is -0.787. The molecular formula is C10H8O7S2. The summed E-state index contributed by atoms with van der Waals surface area (Å²) in [7, 11) is -9.55. The number of phenolic OH excluding ortho intramolecular Hbond substituents is 1. The molecule has 0 saturated carbocycles. The van der Waals surface area contributed by atoms with Crippen molar-refractivity contribution in [3.63, 3.8) is 0 Å². The van der Waals surface area contributed by atoms with E-state index in [1.165, 1.54) is 24.3 Å². The number of benzene rings is 2. The zero-order chi connectivity index (χ0) is 14.4. The van der Waals surface area contributed by atoms with E-state index in [0.29, 0.717) is 6.07 Å². The molecular weight excluding hydrogens is 296 g/mol. The first-order valence-electron chi connectivity index (χ1n) is 4.82. The van der Waals surface area contributed by atoms with Crippen molar-refractivity contribution < 1.29 is 31.0 Å². The van der Waals surface area contributed by atoms with Crippen LogP contribution in [-0.2, 0) is 20.2 Å². The number of rotatable bonds is 2. The summed E-state index contributed by atoms with van der Waals surface area (Å²) in [6.07, 6.45) is 0. The van der Waals surface area contributed by atoms with Crippen LogP contribution in [0.25, 0.3) is 10.8 Å². The van der Waals surface area contributed by atoms with Gasteiger partial charge in [-0.05, 0) is 6.07 Å². The van der Waals surface area contributed by atoms with E-state index in [4.69, 9.17) is 9.11 Å². The second-order valence-corrected chi connectivity index (χ2v) is 6.50. The summed E-state index contributed by atoms with van der Waals surface area (Å²) in [5.41, 5.74) is 0. The van der Waals surface area contributed by atoms with E-state index in [-0.39, 0.29) is 10.8 Å². The molecule has 0 spiro atoms. The van der Waals surface area contributed by atoms with Crippen LogP contribution in [0, 0.1) is 0 Å². The SMILES string of the molecule is O=S(=O)(O)c1cc(S(=O)(=O)O)c2ccccc2c1O. The Hall–Kier alpha value is -1.68. The Bertz CT molecular complexity index is 866. The molecule has 2 aromatic carbocycles. The molecule has 0 amide bonds. The molecule has 0 aliphatic heterocycles. The fourth-order valence-electron chi connectivity index (χ4n) is 1.71. The fraction of sp³-hybridized carbons (Fsp3) is 0. The third-order valence-corrected chi connectivity index (χ3v) is 4.26. The van der Waals surface area contributed by atoms with Gasteiger partial charge in [-0.2, -0.15) is 16.8 Å². The van der Waals surface area contributed by atoms with Gasteiger partial charge in [0.2, 0.25) is 0 Å². The third kappa shape index (κ3) is 2.40. The van der Waals surface area contributed by atoms with Crippen LogP contribution >= 0.6 is 0 Å². The molecule has 0 radical (unpaired) electrons. The van der Waals surface area contributed by atoms with E-state index in [1.54, 1.807) is 0 Å². The lowest BCUT2D eigenvalue weighted by Crippen LogP contribution is -2.05. The van der Waals surface area contributed by atoms with E-state index in [9.17, 15) is 21.9 Å². The Balaban J connectivity index is 3.10. The molecule has 0 saturated heterocycles. The molecule has 0 bridgehead atoms. The van der Waals surface area contributed by atoms with Crippen molar-refractivity contribution in [3.8, 4) is 5.75 Å². The molecule has 19 heavy (non-hydrogen) atoms. The maximum Gasteiger partial charge on any atom is 0.298 e. The van der Waals surface area contributed by atoms with Crippen molar-refractivity contribution in [1.82, 2.24) is 0 Å². The van der Waals surface area contributed by atoms with Gasteiger partial charge in [0.15, 0.2) is 0 Å². The van der Waals surface area contributed by atoms with Gasteiger partial charge < -0.3 is 5.11 Å². The van der Waals surface area contributed by atoms with Gasteiger partial charge >= 0.3 is 0 Å². The minimum absolute atomic E-state index is 0.0603. The van der Waals surface area contributed by atoms with E-state index >= 15 is 0 Å². The van der Waals surface area contributed by atoms with E-state index in [2.05, 4.69) is 0 Å². The summed E-state index contributed by atoms with van der Waals surface area (Å²) < 4.78 is 62.7. The minimum atomic E-state index is -4.83. The first kappa shape index (κ1) is 13.7. The zero-order valence-corrected chi connectivity index (χ0v) is 10.8. The van der Waals surface area contributed by atoms with Crippen LogP contribution in [0.1, 0.15) is 0 Å². The van der Waals surface area contributed by atoms with Crippen LogP contribution in [0.2, 0.25) is 0 Å². The lowest BCUT2D eigenvalue weighted by molar-refractivity contribution is 0.447. The monoisotopic (exact) mass is 304 g/mol. The maximum absolute atomic E-state index is 11.2. The molecule has 2 aromatic rings. The predicted octanol–water partition coefficient (Wildman–Crippen LogP) is 1.04. The molecule has 0 atom stereocenters. The van der Waals surface area contributed by atoms with Crippen LogP contribution in [0.15, 0.2) is 40.1 Å². The smallest absolute Gasteiger partial charge is 0.298 e. The number of hydrogen-bond donors (Lipinski definition) is 3. The molecule has 0 aliphatic rings. The van der Waals surface area contributed by atoms with Crippen molar-refractivity contribution >= 4 is 31.0 Å². The fourth-order valence-corrected chi connectivity index (χ4v) is 3.13. The maximum atomic E-state index is 11.2. The summed E-state index contributed by atoms with van der Waals surface area (Å²) in [6.45, 7) is 0. The Morgan fingerprint density at radius 1 is 0.789 bits per heavy atom. The van der Waals surface area contributed by atoms with Crippen molar-refractivity contribution in [2.75, 3.05) is 0 Å². The number of fused-ring (bicyclic) bond motifs is 1. The van der Waals surface area contributed by atoms with Gasteiger partial charge in [-0.1, -0.05) is 24.3 Å². The van der Waals surface area contributed by atoms with Crippen molar-refractivity contribution in [2.24, 2.45) is 0 Å². The second-order valence-electron chi connectivity index (χ2n) is 3.72. The molecule has 0 aliphatic carbocycles. The standard InChI is InChI=1S/C10H8O7S2/c11-10-7-4-2-1-3-6(7)8(18(12,13)14)5-9(10)19(15,16)17/h1-5,11H,(H,12,13,14)(H,15,16,17). The Morgan fingerprint density at radius 3 is 1.74 bits per heavy atom. The molecule has 7 nitrogen and oxygen atoms in total. The number of aromatic hydroxyl groups is 1. The topological polar surface area (TPSA) is 129 Å². The van der Waals surface area contributed by atoms with Crippen molar-refractivity contribution in [3.05, 3.63) is 30.3 Å². The minimum Gasteiger partial charge on any atom is -0.506 e. The van der Waals surface area contributed by atoms with Crippen LogP contribution < -0.4 is 0 Å². The highest BCUT2D eigenvalue weighted by Gasteiger charge is 2.24. The normalized spacial score (nSPS) is 12.7. The lowest BCUT2D eigenvalue weighted by atomic mass is 10.1. The van der Waals surface area contributed by atoms with Gasteiger partial charge in [0, 0.05) is 10.8 Å². The van der Waals surface area contributed by atoms with Gasteiger partial charge in [-0.3, -0.25) is 9.11 Å². The van der Waals surface area contributed by atoms with Crippen LogP contribution in [0.5, 0.6) is 5.75 Å². The van der Waals surface area contributed by atoms with Crippen LogP contribution in [0.3, 0.4) is 0 Å². The van der Waals surface area contributed by atoms with Crippen LogP contribution in [0.4, 0.5) is 0 Å². The molecule has 0 aromatic heterocycles. The molecule has 9 heteroatoms. The van der Waals surface area contributed by atoms with Gasteiger partial charge in [-0.25, -0.2) is 0 Å².